The Morgan fingerprint density at radius 3 is 1.60 bits per heavy atom. The predicted octanol–water partition coefficient (Wildman–Crippen LogP) is 4.01. The van der Waals surface area contributed by atoms with Crippen LogP contribution in [0, 0.1) is 0 Å². The molecule has 0 atom stereocenters. The van der Waals surface area contributed by atoms with Gasteiger partial charge in [0.25, 0.3) is 11.1 Å². The van der Waals surface area contributed by atoms with E-state index >= 15 is 0 Å². The van der Waals surface area contributed by atoms with Crippen LogP contribution in [0.25, 0.3) is 9.66 Å². The van der Waals surface area contributed by atoms with Crippen molar-refractivity contribution in [1.29, 1.82) is 0 Å². The maximum absolute atomic E-state index is 12.7. The van der Waals surface area contributed by atoms with Crippen molar-refractivity contribution in [2.75, 3.05) is 0 Å². The van der Waals surface area contributed by atoms with E-state index in [1.54, 1.807) is 24.5 Å². The van der Waals surface area contributed by atoms with Crippen molar-refractivity contribution in [3.05, 3.63) is 178 Å². The van der Waals surface area contributed by atoms with Crippen LogP contribution in [0.3, 0.4) is 0 Å². The number of nitrogens with zero attached hydrogens (tertiary/aromatic N) is 5. The van der Waals surface area contributed by atoms with Gasteiger partial charge in [0, 0.05) is 36.9 Å². The first kappa shape index (κ1) is 35.4. The lowest BCUT2D eigenvalue weighted by Crippen LogP contribution is -2.36. The molecule has 0 aliphatic rings. The third-order valence-corrected chi connectivity index (χ3v) is 9.23. The molecule has 13 nitrogen and oxygen atoms in total. The molecule has 0 amide bonds. The van der Waals surface area contributed by atoms with Gasteiger partial charge in [0.1, 0.15) is 26.0 Å². The summed E-state index contributed by atoms with van der Waals surface area (Å²) in [6, 6.07) is 24.5. The summed E-state index contributed by atoms with van der Waals surface area (Å²) < 4.78 is 10.0. The summed E-state index contributed by atoms with van der Waals surface area (Å²) >= 11 is 1.95. The summed E-state index contributed by atoms with van der Waals surface area (Å²) in [4.78, 5) is 77.7. The van der Waals surface area contributed by atoms with Crippen LogP contribution < -0.4 is 22.5 Å². The number of hydrogen-bond acceptors (Lipinski definition) is 10. The fourth-order valence-electron chi connectivity index (χ4n) is 4.77. The number of ether oxygens (including phenoxy) is 1. The van der Waals surface area contributed by atoms with E-state index in [0.717, 1.165) is 48.5 Å². The van der Waals surface area contributed by atoms with Crippen LogP contribution in [0.4, 0.5) is 0 Å². The molecule has 0 fully saturated rings. The highest BCUT2D eigenvalue weighted by atomic mass is 35.5. The molecule has 0 unspecified atom stereocenters. The van der Waals surface area contributed by atoms with Crippen molar-refractivity contribution in [2.45, 2.75) is 19.7 Å². The Bertz CT molecular complexity index is 2540. The molecule has 0 bridgehead atoms. The van der Waals surface area contributed by atoms with E-state index in [0.29, 0.717) is 9.66 Å². The van der Waals surface area contributed by atoms with Gasteiger partial charge in [-0.1, -0.05) is 60.7 Å². The first-order valence-corrected chi connectivity index (χ1v) is 16.2. The monoisotopic (exact) mass is 731 g/mol. The molecule has 0 saturated carbocycles. The number of hydrogen-bond donors (Lipinski definition) is 1. The van der Waals surface area contributed by atoms with Crippen LogP contribution >= 0.6 is 35.1 Å². The summed E-state index contributed by atoms with van der Waals surface area (Å²) in [5, 5.41) is 8.96. The fourth-order valence-corrected chi connectivity index (χ4v) is 6.54. The average Bonchev–Trinajstić information content (AvgIpc) is 3.74. The summed E-state index contributed by atoms with van der Waals surface area (Å²) in [7, 11) is 0. The Morgan fingerprint density at radius 1 is 0.660 bits per heavy atom. The minimum atomic E-state index is -1.12. The molecule has 0 aliphatic carbocycles. The van der Waals surface area contributed by atoms with Crippen molar-refractivity contribution >= 4 is 56.7 Å². The number of fused-ring (bicyclic) bond motifs is 2. The Labute approximate surface area is 295 Å². The number of esters is 1. The van der Waals surface area contributed by atoms with E-state index in [4.69, 9.17) is 9.84 Å². The first-order valence-electron chi connectivity index (χ1n) is 14.6. The van der Waals surface area contributed by atoms with Gasteiger partial charge in [-0.25, -0.2) is 19.2 Å². The number of benzene rings is 2. The SMILES string of the molecule is Cl.O=C(O)c1cn2c(=O)n(Cc3ccccc3)c(=O)cc2s1.O=C(OCc1ccncc1)c1cn2c(=O)n(Cc3ccccc3)c(=O)cc2s1. The highest BCUT2D eigenvalue weighted by Gasteiger charge is 2.16. The number of aromatic carboxylic acids is 1. The van der Waals surface area contributed by atoms with Gasteiger partial charge in [0.2, 0.25) is 0 Å². The normalized spacial score (nSPS) is 10.6. The molecular formula is C34H26ClN5O8S2. The van der Waals surface area contributed by atoms with Crippen LogP contribution in [0.2, 0.25) is 0 Å². The lowest BCUT2D eigenvalue weighted by atomic mass is 10.2. The molecule has 0 radical (unpaired) electrons. The zero-order valence-corrected chi connectivity index (χ0v) is 28.2. The third-order valence-electron chi connectivity index (χ3n) is 7.19. The summed E-state index contributed by atoms with van der Waals surface area (Å²) in [6.07, 6.45) is 5.89. The molecule has 0 spiro atoms. The smallest absolute Gasteiger partial charge is 0.350 e. The zero-order valence-electron chi connectivity index (χ0n) is 25.8. The maximum Gasteiger partial charge on any atom is 0.350 e. The van der Waals surface area contributed by atoms with Gasteiger partial charge in [-0.2, -0.15) is 0 Å². The minimum absolute atomic E-state index is 0. The van der Waals surface area contributed by atoms with Gasteiger partial charge in [-0.3, -0.25) is 32.5 Å². The lowest BCUT2D eigenvalue weighted by Gasteiger charge is -2.05. The van der Waals surface area contributed by atoms with E-state index in [1.165, 1.54) is 33.3 Å². The van der Waals surface area contributed by atoms with Crippen molar-refractivity contribution in [3.63, 3.8) is 0 Å². The minimum Gasteiger partial charge on any atom is -0.477 e. The molecule has 5 aromatic heterocycles. The number of carbonyl (C=O) groups is 2. The van der Waals surface area contributed by atoms with E-state index in [2.05, 4.69) is 4.98 Å². The van der Waals surface area contributed by atoms with Crippen molar-refractivity contribution in [3.8, 4) is 0 Å². The second-order valence-corrected chi connectivity index (χ2v) is 12.6. The predicted molar refractivity (Wildman–Crippen MR) is 190 cm³/mol. The van der Waals surface area contributed by atoms with E-state index < -0.39 is 34.4 Å². The Kier molecular flexibility index (Phi) is 11.0. The highest BCUT2D eigenvalue weighted by Crippen LogP contribution is 2.17. The summed E-state index contributed by atoms with van der Waals surface area (Å²) in [5.74, 6) is -1.67. The van der Waals surface area contributed by atoms with Gasteiger partial charge < -0.3 is 9.84 Å². The van der Waals surface area contributed by atoms with Gasteiger partial charge in [0.05, 0.1) is 13.1 Å². The molecule has 16 heteroatoms. The summed E-state index contributed by atoms with van der Waals surface area (Å²) in [6.45, 7) is 0.421. The second-order valence-electron chi connectivity index (χ2n) is 10.5. The Morgan fingerprint density at radius 2 is 1.12 bits per heavy atom. The quantitative estimate of drug-likeness (QED) is 0.228. The number of aromatic nitrogens is 5. The maximum atomic E-state index is 12.7. The topological polar surface area (TPSA) is 163 Å². The van der Waals surface area contributed by atoms with Gasteiger partial charge in [0.15, 0.2) is 0 Å². The van der Waals surface area contributed by atoms with E-state index in [9.17, 15) is 28.8 Å². The number of carboxylic acid groups (broad SMARTS) is 1. The number of rotatable bonds is 8. The third kappa shape index (κ3) is 7.86. The number of thiazole rings is 2. The number of pyridine rings is 1. The first-order chi connectivity index (χ1) is 23.7. The van der Waals surface area contributed by atoms with Crippen LogP contribution in [0.1, 0.15) is 36.0 Å². The molecule has 0 saturated heterocycles. The molecule has 50 heavy (non-hydrogen) atoms. The lowest BCUT2D eigenvalue weighted by molar-refractivity contribution is 0.0477. The van der Waals surface area contributed by atoms with Crippen LogP contribution in [0.5, 0.6) is 0 Å². The molecule has 5 heterocycles. The second kappa shape index (κ2) is 15.5. The van der Waals surface area contributed by atoms with Gasteiger partial charge in [-0.05, 0) is 28.8 Å². The fraction of sp³-hybridized carbons (Fsp3) is 0.0882. The largest absolute Gasteiger partial charge is 0.477 e. The van der Waals surface area contributed by atoms with Gasteiger partial charge >= 0.3 is 23.3 Å². The van der Waals surface area contributed by atoms with Crippen molar-refractivity contribution in [2.24, 2.45) is 0 Å². The molecular weight excluding hydrogens is 706 g/mol. The summed E-state index contributed by atoms with van der Waals surface area (Å²) in [5.41, 5.74) is 0.597. The highest BCUT2D eigenvalue weighted by molar-refractivity contribution is 7.19. The average molecular weight is 732 g/mol. The van der Waals surface area contributed by atoms with Crippen LogP contribution in [-0.2, 0) is 24.4 Å². The van der Waals surface area contributed by atoms with Crippen molar-refractivity contribution < 1.29 is 19.4 Å². The molecule has 7 aromatic rings. The molecule has 2 aromatic carbocycles. The van der Waals surface area contributed by atoms with Gasteiger partial charge in [-0.15, -0.1) is 35.1 Å². The molecule has 0 aliphatic heterocycles. The Hall–Kier alpha value is -5.90. The van der Waals surface area contributed by atoms with Crippen molar-refractivity contribution in [1.82, 2.24) is 22.9 Å². The Balaban J connectivity index is 0.000000198. The van der Waals surface area contributed by atoms with Crippen LogP contribution in [0.15, 0.2) is 129 Å². The number of carbonyl (C=O) groups excluding carboxylic acids is 1. The zero-order chi connectivity index (χ0) is 34.5. The molecule has 1 N–H and O–H groups in total. The van der Waals surface area contributed by atoms with E-state index in [-0.39, 0.29) is 41.9 Å². The molecule has 254 valence electrons. The van der Waals surface area contributed by atoms with Crippen LogP contribution in [-0.4, -0.2) is 40.0 Å². The van der Waals surface area contributed by atoms with E-state index in [1.807, 2.05) is 60.7 Å². The number of carboxylic acids is 1. The standard InChI is InChI=1S/C20H15N3O4S.C14H10N2O4S.ClH/c24-17-10-18-23(20(26)22(17)11-14-4-2-1-3-5-14)12-16(28-18)19(25)27-13-15-6-8-21-9-7-15;17-11-6-12-16(8-10(21-12)13(18)19)14(20)15(11)7-9-4-2-1-3-5-9;/h1-10,12H,11,13H2;1-6,8H,7H2,(H,18,19);1H. The molecule has 7 rings (SSSR count). The number of halogens is 1.